The smallest absolute Gasteiger partial charge is 0.217 e. The third-order valence-electron chi connectivity index (χ3n) is 2.90. The molecule has 0 aliphatic carbocycles. The Hall–Kier alpha value is -1.42. The number of primary amides is 1. The van der Waals surface area contributed by atoms with E-state index in [9.17, 15) is 9.18 Å². The van der Waals surface area contributed by atoms with E-state index < -0.39 is 0 Å². The molecule has 1 atom stereocenters. The highest BCUT2D eigenvalue weighted by Crippen LogP contribution is 2.17. The molecule has 4 heteroatoms. The number of unbranched alkanes of at least 4 members (excludes halogenated alkanes) is 1. The van der Waals surface area contributed by atoms with E-state index in [2.05, 4.69) is 12.2 Å². The molecule has 1 unspecified atom stereocenters. The van der Waals surface area contributed by atoms with Gasteiger partial charge in [0.2, 0.25) is 5.91 Å². The molecule has 18 heavy (non-hydrogen) atoms. The zero-order valence-corrected chi connectivity index (χ0v) is 10.8. The van der Waals surface area contributed by atoms with Crippen molar-refractivity contribution in [1.29, 1.82) is 0 Å². The van der Waals surface area contributed by atoms with E-state index in [0.29, 0.717) is 6.42 Å². The minimum absolute atomic E-state index is 0.161. The van der Waals surface area contributed by atoms with Gasteiger partial charge in [-0.1, -0.05) is 19.1 Å². The van der Waals surface area contributed by atoms with Gasteiger partial charge in [-0.2, -0.15) is 0 Å². The van der Waals surface area contributed by atoms with E-state index in [1.807, 2.05) is 6.07 Å². The summed E-state index contributed by atoms with van der Waals surface area (Å²) >= 11 is 0. The number of amides is 1. The molecule has 1 rings (SSSR count). The largest absolute Gasteiger partial charge is 0.370 e. The fourth-order valence-corrected chi connectivity index (χ4v) is 1.92. The Balaban J connectivity index is 2.36. The van der Waals surface area contributed by atoms with Crippen molar-refractivity contribution in [1.82, 2.24) is 5.32 Å². The SMILES string of the molecule is CCC(NCCCCC(N)=O)c1cccc(F)c1. The van der Waals surface area contributed by atoms with E-state index in [1.54, 1.807) is 12.1 Å². The van der Waals surface area contributed by atoms with Crippen LogP contribution in [0.1, 0.15) is 44.2 Å². The van der Waals surface area contributed by atoms with Gasteiger partial charge in [0.05, 0.1) is 0 Å². The average Bonchev–Trinajstić information content (AvgIpc) is 2.33. The lowest BCUT2D eigenvalue weighted by Gasteiger charge is -2.17. The standard InChI is InChI=1S/C14H21FN2O/c1-2-13(11-6-5-7-12(15)10-11)17-9-4-3-8-14(16)18/h5-7,10,13,17H,2-4,8-9H2,1H3,(H2,16,18). The molecular weight excluding hydrogens is 231 g/mol. The number of rotatable bonds is 8. The molecule has 1 aromatic carbocycles. The molecule has 0 heterocycles. The lowest BCUT2D eigenvalue weighted by atomic mass is 10.0. The van der Waals surface area contributed by atoms with Crippen LogP contribution in [-0.4, -0.2) is 12.5 Å². The first-order valence-electron chi connectivity index (χ1n) is 6.40. The Labute approximate surface area is 108 Å². The monoisotopic (exact) mass is 252 g/mol. The van der Waals surface area contributed by atoms with Crippen LogP contribution in [0.5, 0.6) is 0 Å². The lowest BCUT2D eigenvalue weighted by Crippen LogP contribution is -2.22. The lowest BCUT2D eigenvalue weighted by molar-refractivity contribution is -0.118. The average molecular weight is 252 g/mol. The predicted molar refractivity (Wildman–Crippen MR) is 70.5 cm³/mol. The van der Waals surface area contributed by atoms with Gasteiger partial charge in [0.15, 0.2) is 0 Å². The summed E-state index contributed by atoms with van der Waals surface area (Å²) in [6.07, 6.45) is 3.02. The third kappa shape index (κ3) is 5.27. The van der Waals surface area contributed by atoms with Gasteiger partial charge in [-0.3, -0.25) is 4.79 Å². The van der Waals surface area contributed by atoms with E-state index in [1.165, 1.54) is 6.07 Å². The highest BCUT2D eigenvalue weighted by atomic mass is 19.1. The summed E-state index contributed by atoms with van der Waals surface area (Å²) in [7, 11) is 0. The van der Waals surface area contributed by atoms with Crippen molar-refractivity contribution in [3.8, 4) is 0 Å². The molecular formula is C14H21FN2O. The minimum atomic E-state index is -0.257. The maximum atomic E-state index is 13.1. The number of halogens is 1. The molecule has 0 spiro atoms. The summed E-state index contributed by atoms with van der Waals surface area (Å²) in [4.78, 5) is 10.6. The summed E-state index contributed by atoms with van der Waals surface area (Å²) in [6.45, 7) is 2.87. The van der Waals surface area contributed by atoms with Gasteiger partial charge in [0, 0.05) is 12.5 Å². The second-order valence-corrected chi connectivity index (χ2v) is 4.39. The summed E-state index contributed by atoms with van der Waals surface area (Å²) in [5.41, 5.74) is 6.03. The first-order chi connectivity index (χ1) is 8.63. The number of carbonyl (C=O) groups is 1. The van der Waals surface area contributed by atoms with Crippen LogP contribution in [0.15, 0.2) is 24.3 Å². The van der Waals surface area contributed by atoms with Crippen LogP contribution < -0.4 is 11.1 Å². The van der Waals surface area contributed by atoms with Crippen molar-refractivity contribution in [2.45, 2.75) is 38.6 Å². The van der Waals surface area contributed by atoms with Crippen molar-refractivity contribution in [3.63, 3.8) is 0 Å². The Kier molecular flexibility index (Phi) is 6.36. The van der Waals surface area contributed by atoms with Gasteiger partial charge in [-0.05, 0) is 43.5 Å². The van der Waals surface area contributed by atoms with E-state index >= 15 is 0 Å². The predicted octanol–water partition coefficient (Wildman–Crippen LogP) is 2.52. The molecule has 100 valence electrons. The van der Waals surface area contributed by atoms with Crippen LogP contribution in [0.2, 0.25) is 0 Å². The first-order valence-corrected chi connectivity index (χ1v) is 6.40. The zero-order chi connectivity index (χ0) is 13.4. The molecule has 0 fully saturated rings. The summed E-state index contributed by atoms with van der Waals surface area (Å²) < 4.78 is 13.1. The van der Waals surface area contributed by atoms with E-state index in [0.717, 1.165) is 31.4 Å². The Bertz CT molecular complexity index is 382. The topological polar surface area (TPSA) is 55.1 Å². The quantitative estimate of drug-likeness (QED) is 0.698. The van der Waals surface area contributed by atoms with E-state index in [4.69, 9.17) is 5.73 Å². The van der Waals surface area contributed by atoms with Gasteiger partial charge >= 0.3 is 0 Å². The second kappa shape index (κ2) is 7.82. The number of nitrogens with one attached hydrogen (secondary N) is 1. The second-order valence-electron chi connectivity index (χ2n) is 4.39. The van der Waals surface area contributed by atoms with E-state index in [-0.39, 0.29) is 17.8 Å². The summed E-state index contributed by atoms with van der Waals surface area (Å²) in [5.74, 6) is -0.464. The van der Waals surface area contributed by atoms with Gasteiger partial charge in [-0.15, -0.1) is 0 Å². The van der Waals surface area contributed by atoms with Crippen LogP contribution in [0, 0.1) is 5.82 Å². The molecule has 3 N–H and O–H groups in total. The summed E-state index contributed by atoms with van der Waals surface area (Å²) in [5, 5.41) is 3.37. The van der Waals surface area contributed by atoms with Crippen LogP contribution in [0.3, 0.4) is 0 Å². The Morgan fingerprint density at radius 1 is 1.44 bits per heavy atom. The summed E-state index contributed by atoms with van der Waals surface area (Å²) in [6, 6.07) is 6.82. The van der Waals surface area contributed by atoms with Gasteiger partial charge in [-0.25, -0.2) is 4.39 Å². The van der Waals surface area contributed by atoms with Crippen molar-refractivity contribution in [2.75, 3.05) is 6.54 Å². The Morgan fingerprint density at radius 2 is 2.22 bits per heavy atom. The van der Waals surface area contributed by atoms with Crippen molar-refractivity contribution in [2.24, 2.45) is 5.73 Å². The molecule has 1 amide bonds. The number of hydrogen-bond acceptors (Lipinski definition) is 2. The van der Waals surface area contributed by atoms with Crippen LogP contribution in [-0.2, 0) is 4.79 Å². The van der Waals surface area contributed by atoms with Gasteiger partial charge in [0.25, 0.3) is 0 Å². The number of carbonyl (C=O) groups excluding carboxylic acids is 1. The maximum Gasteiger partial charge on any atom is 0.217 e. The van der Waals surface area contributed by atoms with Gasteiger partial charge < -0.3 is 11.1 Å². The molecule has 0 radical (unpaired) electrons. The number of nitrogens with two attached hydrogens (primary N) is 1. The maximum absolute atomic E-state index is 13.1. The van der Waals surface area contributed by atoms with Crippen LogP contribution in [0.25, 0.3) is 0 Å². The molecule has 1 aromatic rings. The van der Waals surface area contributed by atoms with Crippen LogP contribution in [0.4, 0.5) is 4.39 Å². The number of hydrogen-bond donors (Lipinski definition) is 2. The molecule has 0 aliphatic rings. The van der Waals surface area contributed by atoms with Crippen LogP contribution >= 0.6 is 0 Å². The fourth-order valence-electron chi connectivity index (χ4n) is 1.92. The van der Waals surface area contributed by atoms with Crippen molar-refractivity contribution in [3.05, 3.63) is 35.6 Å². The highest BCUT2D eigenvalue weighted by Gasteiger charge is 2.08. The minimum Gasteiger partial charge on any atom is -0.370 e. The molecule has 0 saturated carbocycles. The van der Waals surface area contributed by atoms with Crippen molar-refractivity contribution < 1.29 is 9.18 Å². The number of benzene rings is 1. The third-order valence-corrected chi connectivity index (χ3v) is 2.90. The molecule has 3 nitrogen and oxygen atoms in total. The zero-order valence-electron chi connectivity index (χ0n) is 10.8. The Morgan fingerprint density at radius 3 is 2.83 bits per heavy atom. The highest BCUT2D eigenvalue weighted by molar-refractivity contribution is 5.73. The molecule has 0 saturated heterocycles. The fraction of sp³-hybridized carbons (Fsp3) is 0.500. The molecule has 0 bridgehead atoms. The first kappa shape index (κ1) is 14.6. The normalized spacial score (nSPS) is 12.3. The molecule has 0 aromatic heterocycles. The molecule has 0 aliphatic heterocycles. The van der Waals surface area contributed by atoms with Crippen molar-refractivity contribution >= 4 is 5.91 Å². The van der Waals surface area contributed by atoms with Gasteiger partial charge in [0.1, 0.15) is 5.82 Å².